The fraction of sp³-hybridized carbons (Fsp3) is 0.0769. The van der Waals surface area contributed by atoms with E-state index in [9.17, 15) is 0 Å². The molecule has 17 heavy (non-hydrogen) atoms. The molecule has 1 aromatic carbocycles. The fourth-order valence-electron chi connectivity index (χ4n) is 1.31. The maximum Gasteiger partial charge on any atom is 0.125 e. The first kappa shape index (κ1) is 12.2. The molecule has 0 spiro atoms. The Kier molecular flexibility index (Phi) is 3.86. The van der Waals surface area contributed by atoms with E-state index in [0.717, 1.165) is 25.3 Å². The number of halogens is 1. The third-order valence-electron chi connectivity index (χ3n) is 2.09. The normalized spacial score (nSPS) is 11.9. The summed E-state index contributed by atoms with van der Waals surface area (Å²) < 4.78 is 2.21. The van der Waals surface area contributed by atoms with E-state index in [1.807, 2.05) is 25.1 Å². The van der Waals surface area contributed by atoms with Crippen LogP contribution in [-0.4, -0.2) is 11.2 Å². The van der Waals surface area contributed by atoms with E-state index in [0.29, 0.717) is 0 Å². The van der Waals surface area contributed by atoms with Gasteiger partial charge in [-0.3, -0.25) is 4.99 Å². The third kappa shape index (κ3) is 2.90. The lowest BCUT2D eigenvalue weighted by Crippen LogP contribution is -1.81. The molecule has 0 radical (unpaired) electrons. The van der Waals surface area contributed by atoms with Crippen LogP contribution in [-0.2, 0) is 0 Å². The van der Waals surface area contributed by atoms with Crippen LogP contribution < -0.4 is 0 Å². The summed E-state index contributed by atoms with van der Waals surface area (Å²) in [5.41, 5.74) is 1.83. The van der Waals surface area contributed by atoms with E-state index in [2.05, 4.69) is 38.6 Å². The maximum atomic E-state index is 4.52. The van der Waals surface area contributed by atoms with Gasteiger partial charge in [0, 0.05) is 22.5 Å². The topological polar surface area (TPSA) is 25.2 Å². The number of benzene rings is 1. The Labute approximate surface area is 113 Å². The average molecular weight is 307 g/mol. The SMILES string of the molecule is C=C(C=N/C=C\C)c1nc2ccc(Br)cc2s1. The number of thiazole rings is 1. The zero-order valence-electron chi connectivity index (χ0n) is 9.35. The molecule has 0 amide bonds. The van der Waals surface area contributed by atoms with Gasteiger partial charge >= 0.3 is 0 Å². The van der Waals surface area contributed by atoms with Crippen molar-refractivity contribution < 1.29 is 0 Å². The lowest BCUT2D eigenvalue weighted by molar-refractivity contribution is 1.45. The summed E-state index contributed by atoms with van der Waals surface area (Å²) in [7, 11) is 0. The summed E-state index contributed by atoms with van der Waals surface area (Å²) in [6.45, 7) is 5.89. The highest BCUT2D eigenvalue weighted by atomic mass is 79.9. The van der Waals surface area contributed by atoms with Crippen molar-refractivity contribution in [3.8, 4) is 0 Å². The number of allylic oxidation sites excluding steroid dienone is 2. The molecule has 0 unspecified atom stereocenters. The van der Waals surface area contributed by atoms with Gasteiger partial charge in [0.2, 0.25) is 0 Å². The van der Waals surface area contributed by atoms with Crippen molar-refractivity contribution in [2.24, 2.45) is 4.99 Å². The number of aliphatic imine (C=N–C) groups is 1. The van der Waals surface area contributed by atoms with Gasteiger partial charge in [0.1, 0.15) is 5.01 Å². The van der Waals surface area contributed by atoms with Gasteiger partial charge in [-0.15, -0.1) is 11.3 Å². The molecule has 2 rings (SSSR count). The molecular formula is C13H11BrN2S. The van der Waals surface area contributed by atoms with Crippen LogP contribution in [0.5, 0.6) is 0 Å². The van der Waals surface area contributed by atoms with Crippen molar-refractivity contribution in [1.29, 1.82) is 0 Å². The molecule has 0 aliphatic heterocycles. The summed E-state index contributed by atoms with van der Waals surface area (Å²) in [5, 5.41) is 0.909. The molecule has 0 atom stereocenters. The number of nitrogens with zero attached hydrogens (tertiary/aromatic N) is 2. The van der Waals surface area contributed by atoms with E-state index >= 15 is 0 Å². The minimum absolute atomic E-state index is 0.834. The Morgan fingerprint density at radius 2 is 2.35 bits per heavy atom. The molecule has 0 N–H and O–H groups in total. The van der Waals surface area contributed by atoms with Crippen molar-refractivity contribution in [2.75, 3.05) is 0 Å². The van der Waals surface area contributed by atoms with E-state index in [1.54, 1.807) is 23.8 Å². The van der Waals surface area contributed by atoms with Gasteiger partial charge in [0.15, 0.2) is 0 Å². The van der Waals surface area contributed by atoms with Crippen molar-refractivity contribution in [3.63, 3.8) is 0 Å². The Morgan fingerprint density at radius 1 is 1.53 bits per heavy atom. The Balaban J connectivity index is 2.33. The standard InChI is InChI=1S/C13H11BrN2S/c1-3-6-15-8-9(2)13-16-11-5-4-10(14)7-12(11)17-13/h3-8H,2H2,1H3/b6-3-,15-8?. The second-order valence-electron chi connectivity index (χ2n) is 3.42. The van der Waals surface area contributed by atoms with E-state index in [1.165, 1.54) is 0 Å². The first-order chi connectivity index (χ1) is 8.20. The highest BCUT2D eigenvalue weighted by molar-refractivity contribution is 9.10. The average Bonchev–Trinajstić information content (AvgIpc) is 2.72. The van der Waals surface area contributed by atoms with Crippen LogP contribution >= 0.6 is 27.3 Å². The molecule has 0 bridgehead atoms. The third-order valence-corrected chi connectivity index (χ3v) is 3.68. The fourth-order valence-corrected chi connectivity index (χ4v) is 2.76. The lowest BCUT2D eigenvalue weighted by atomic mass is 10.3. The largest absolute Gasteiger partial charge is 0.264 e. The van der Waals surface area contributed by atoms with E-state index in [-0.39, 0.29) is 0 Å². The molecular weight excluding hydrogens is 296 g/mol. The Bertz CT molecular complexity index is 611. The molecule has 0 aliphatic rings. The molecule has 1 heterocycles. The zero-order chi connectivity index (χ0) is 12.3. The van der Waals surface area contributed by atoms with E-state index in [4.69, 9.17) is 0 Å². The Morgan fingerprint density at radius 3 is 3.12 bits per heavy atom. The Hall–Kier alpha value is -1.26. The first-order valence-corrected chi connectivity index (χ1v) is 6.71. The molecule has 1 aromatic heterocycles. The summed E-state index contributed by atoms with van der Waals surface area (Å²) >= 11 is 5.07. The predicted octanol–water partition coefficient (Wildman–Crippen LogP) is 4.68. The molecule has 2 nitrogen and oxygen atoms in total. The van der Waals surface area contributed by atoms with Gasteiger partial charge in [0.05, 0.1) is 10.2 Å². The first-order valence-electron chi connectivity index (χ1n) is 5.10. The molecule has 0 fully saturated rings. The highest BCUT2D eigenvalue weighted by Crippen LogP contribution is 2.28. The van der Waals surface area contributed by atoms with Crippen LogP contribution in [0.4, 0.5) is 0 Å². The molecule has 0 aliphatic carbocycles. The second-order valence-corrected chi connectivity index (χ2v) is 5.36. The van der Waals surface area contributed by atoms with Gasteiger partial charge in [-0.05, 0) is 25.1 Å². The van der Waals surface area contributed by atoms with Crippen LogP contribution in [0.25, 0.3) is 15.8 Å². The number of fused-ring (bicyclic) bond motifs is 1. The molecule has 86 valence electrons. The van der Waals surface area contributed by atoms with Crippen LogP contribution in [0.15, 0.2) is 46.5 Å². The molecule has 0 saturated carbocycles. The lowest BCUT2D eigenvalue weighted by Gasteiger charge is -1.89. The van der Waals surface area contributed by atoms with Crippen LogP contribution in [0.3, 0.4) is 0 Å². The van der Waals surface area contributed by atoms with Gasteiger partial charge in [-0.2, -0.15) is 0 Å². The van der Waals surface area contributed by atoms with Gasteiger partial charge in [0.25, 0.3) is 0 Å². The number of aromatic nitrogens is 1. The van der Waals surface area contributed by atoms with E-state index < -0.39 is 0 Å². The van der Waals surface area contributed by atoms with Crippen molar-refractivity contribution in [1.82, 2.24) is 4.98 Å². The van der Waals surface area contributed by atoms with Gasteiger partial charge in [-0.25, -0.2) is 4.98 Å². The molecule has 0 saturated heterocycles. The minimum atomic E-state index is 0.834. The summed E-state index contributed by atoms with van der Waals surface area (Å²) in [6.07, 6.45) is 5.33. The van der Waals surface area contributed by atoms with Crippen molar-refractivity contribution in [2.45, 2.75) is 6.92 Å². The van der Waals surface area contributed by atoms with Gasteiger partial charge in [-0.1, -0.05) is 28.6 Å². The van der Waals surface area contributed by atoms with Crippen LogP contribution in [0.2, 0.25) is 0 Å². The van der Waals surface area contributed by atoms with Crippen LogP contribution in [0, 0.1) is 0 Å². The van der Waals surface area contributed by atoms with Gasteiger partial charge < -0.3 is 0 Å². The zero-order valence-corrected chi connectivity index (χ0v) is 11.8. The summed E-state index contributed by atoms with van der Waals surface area (Å²) in [4.78, 5) is 8.62. The van der Waals surface area contributed by atoms with Crippen molar-refractivity contribution >= 4 is 49.3 Å². The monoisotopic (exact) mass is 306 g/mol. The quantitative estimate of drug-likeness (QED) is 0.756. The van der Waals surface area contributed by atoms with Crippen LogP contribution in [0.1, 0.15) is 11.9 Å². The highest BCUT2D eigenvalue weighted by Gasteiger charge is 2.05. The predicted molar refractivity (Wildman–Crippen MR) is 79.7 cm³/mol. The number of hydrogen-bond acceptors (Lipinski definition) is 3. The second kappa shape index (κ2) is 5.38. The number of hydrogen-bond donors (Lipinski definition) is 0. The molecule has 4 heteroatoms. The minimum Gasteiger partial charge on any atom is -0.264 e. The smallest absolute Gasteiger partial charge is 0.125 e. The van der Waals surface area contributed by atoms with Crippen molar-refractivity contribution in [3.05, 3.63) is 46.5 Å². The summed E-state index contributed by atoms with van der Waals surface area (Å²) in [6, 6.07) is 6.05. The maximum absolute atomic E-state index is 4.52. The summed E-state index contributed by atoms with van der Waals surface area (Å²) in [5.74, 6) is 0. The molecule has 2 aromatic rings. The number of rotatable bonds is 3.